The summed E-state index contributed by atoms with van der Waals surface area (Å²) in [5.74, 6) is -0.972. The quantitative estimate of drug-likeness (QED) is 0.350. The fourth-order valence-electron chi connectivity index (χ4n) is 5.32. The first-order valence-electron chi connectivity index (χ1n) is 12.8. The van der Waals surface area contributed by atoms with Gasteiger partial charge in [-0.1, -0.05) is 18.2 Å². The lowest BCUT2D eigenvalue weighted by Crippen LogP contribution is -2.30. The molecule has 5 heterocycles. The maximum atomic E-state index is 15.6. The third-order valence-electron chi connectivity index (χ3n) is 7.33. The van der Waals surface area contributed by atoms with Gasteiger partial charge in [-0.15, -0.1) is 0 Å². The molecule has 0 atom stereocenters. The lowest BCUT2D eigenvalue weighted by Gasteiger charge is -2.27. The number of hydrogen-bond donors (Lipinski definition) is 2. The molecule has 3 aromatic heterocycles. The van der Waals surface area contributed by atoms with E-state index in [1.54, 1.807) is 35.1 Å². The first-order valence-corrected chi connectivity index (χ1v) is 12.8. The number of carbonyl (C=O) groups excluding carboxylic acids is 1. The molecule has 11 nitrogen and oxygen atoms in total. The van der Waals surface area contributed by atoms with E-state index >= 15 is 4.39 Å². The highest BCUT2D eigenvalue weighted by Gasteiger charge is 2.29. The molecule has 1 fully saturated rings. The molecule has 0 spiro atoms. The fourth-order valence-corrected chi connectivity index (χ4v) is 5.32. The average Bonchev–Trinajstić information content (AvgIpc) is 3.44. The van der Waals surface area contributed by atoms with Gasteiger partial charge in [0.25, 0.3) is 11.5 Å². The van der Waals surface area contributed by atoms with Crippen LogP contribution in [0.25, 0.3) is 27.8 Å². The molecule has 5 aromatic rings. The Morgan fingerprint density at radius 2 is 1.90 bits per heavy atom. The average molecular weight is 542 g/mol. The number of fused-ring (bicyclic) bond motifs is 2. The first-order chi connectivity index (χ1) is 19.5. The van der Waals surface area contributed by atoms with E-state index in [1.165, 1.54) is 17.1 Å². The monoisotopic (exact) mass is 541 g/mol. The van der Waals surface area contributed by atoms with Crippen LogP contribution in [-0.2, 0) is 22.6 Å². The first kappa shape index (κ1) is 24.2. The van der Waals surface area contributed by atoms with Crippen molar-refractivity contribution in [2.24, 2.45) is 0 Å². The summed E-state index contributed by atoms with van der Waals surface area (Å²) in [6.07, 6.45) is 3.18. The van der Waals surface area contributed by atoms with Gasteiger partial charge in [-0.2, -0.15) is 0 Å². The Morgan fingerprint density at radius 3 is 2.65 bits per heavy atom. The van der Waals surface area contributed by atoms with Crippen LogP contribution >= 0.6 is 0 Å². The van der Waals surface area contributed by atoms with Crippen molar-refractivity contribution in [3.8, 4) is 16.8 Å². The maximum Gasteiger partial charge on any atom is 0.284 e. The molecule has 0 aliphatic carbocycles. The molecule has 2 aromatic carbocycles. The zero-order valence-electron chi connectivity index (χ0n) is 21.2. The second-order valence-corrected chi connectivity index (χ2v) is 9.70. The van der Waals surface area contributed by atoms with Crippen molar-refractivity contribution in [3.63, 3.8) is 0 Å². The Kier molecular flexibility index (Phi) is 5.72. The molecule has 0 bridgehead atoms. The van der Waals surface area contributed by atoms with E-state index in [4.69, 9.17) is 15.2 Å². The third-order valence-corrected chi connectivity index (χ3v) is 7.33. The zero-order valence-corrected chi connectivity index (χ0v) is 21.2. The van der Waals surface area contributed by atoms with Gasteiger partial charge in [-0.05, 0) is 30.3 Å². The van der Waals surface area contributed by atoms with Crippen LogP contribution in [0.4, 0.5) is 15.9 Å². The second kappa shape index (κ2) is 9.43. The molecular formula is C28H24FN7O4. The second-order valence-electron chi connectivity index (χ2n) is 9.70. The summed E-state index contributed by atoms with van der Waals surface area (Å²) in [7, 11) is 0. The summed E-state index contributed by atoms with van der Waals surface area (Å²) < 4.78 is 31.6. The lowest BCUT2D eigenvalue weighted by atomic mass is 10.0. The molecule has 202 valence electrons. The minimum atomic E-state index is -0.639. The molecule has 7 rings (SSSR count). The van der Waals surface area contributed by atoms with Gasteiger partial charge in [0.15, 0.2) is 0 Å². The van der Waals surface area contributed by atoms with Crippen molar-refractivity contribution in [1.82, 2.24) is 23.9 Å². The Balaban J connectivity index is 1.24. The number of amides is 1. The summed E-state index contributed by atoms with van der Waals surface area (Å²) in [5, 5.41) is 3.24. The van der Waals surface area contributed by atoms with Gasteiger partial charge in [-0.3, -0.25) is 14.3 Å². The molecule has 0 unspecified atom stereocenters. The predicted octanol–water partition coefficient (Wildman–Crippen LogP) is 3.13. The van der Waals surface area contributed by atoms with Crippen LogP contribution in [0.1, 0.15) is 22.1 Å². The zero-order chi connectivity index (χ0) is 27.4. The number of nitrogens with zero attached hydrogens (tertiary/aromatic N) is 5. The Labute approximate surface area is 226 Å². The number of hydrogen-bond acceptors (Lipinski definition) is 7. The summed E-state index contributed by atoms with van der Waals surface area (Å²) >= 11 is 0. The Hall–Kier alpha value is -4.81. The summed E-state index contributed by atoms with van der Waals surface area (Å²) in [6.45, 7) is 2.01. The van der Waals surface area contributed by atoms with Crippen molar-refractivity contribution in [1.29, 1.82) is 0 Å². The molecule has 40 heavy (non-hydrogen) atoms. The van der Waals surface area contributed by atoms with Crippen LogP contribution in [0.5, 0.6) is 0 Å². The lowest BCUT2D eigenvalue weighted by molar-refractivity contribution is -0.0215. The molecule has 3 N–H and O–H groups in total. The van der Waals surface area contributed by atoms with E-state index in [1.807, 2.05) is 22.8 Å². The van der Waals surface area contributed by atoms with Gasteiger partial charge in [-0.25, -0.2) is 19.0 Å². The molecule has 1 saturated heterocycles. The van der Waals surface area contributed by atoms with Gasteiger partial charge < -0.3 is 25.1 Å². The molecule has 0 saturated carbocycles. The summed E-state index contributed by atoms with van der Waals surface area (Å²) in [5.41, 5.74) is 8.40. The molecule has 1 amide bonds. The normalized spacial score (nSPS) is 15.1. The number of para-hydroxylation sites is 1. The van der Waals surface area contributed by atoms with Crippen molar-refractivity contribution >= 4 is 28.4 Å². The number of benzene rings is 2. The van der Waals surface area contributed by atoms with Crippen LogP contribution in [-0.4, -0.2) is 49.6 Å². The van der Waals surface area contributed by atoms with Gasteiger partial charge in [0, 0.05) is 23.0 Å². The minimum Gasteiger partial charge on any atom is -0.383 e. The highest BCUT2D eigenvalue weighted by molar-refractivity contribution is 6.05. The number of halogens is 1. The van der Waals surface area contributed by atoms with Crippen molar-refractivity contribution in [2.75, 3.05) is 30.9 Å². The molecular weight excluding hydrogens is 517 g/mol. The van der Waals surface area contributed by atoms with E-state index in [2.05, 4.69) is 15.3 Å². The molecule has 12 heteroatoms. The van der Waals surface area contributed by atoms with Crippen LogP contribution in [0.2, 0.25) is 0 Å². The number of nitrogens with one attached hydrogen (secondary N) is 1. The molecule has 0 radical (unpaired) electrons. The van der Waals surface area contributed by atoms with E-state index in [0.717, 1.165) is 0 Å². The van der Waals surface area contributed by atoms with E-state index in [-0.39, 0.29) is 35.3 Å². The van der Waals surface area contributed by atoms with Crippen molar-refractivity contribution in [2.45, 2.75) is 19.2 Å². The van der Waals surface area contributed by atoms with Gasteiger partial charge in [0.05, 0.1) is 55.8 Å². The van der Waals surface area contributed by atoms with Gasteiger partial charge >= 0.3 is 0 Å². The largest absolute Gasteiger partial charge is 0.383 e. The topological polar surface area (TPSA) is 131 Å². The number of rotatable bonds is 5. The van der Waals surface area contributed by atoms with E-state index < -0.39 is 17.3 Å². The number of ether oxygens (including phenoxy) is 2. The number of nitrogens with two attached hydrogens (primary N) is 1. The standard InChI is InChI=1S/C28H24FN7O4/c29-21-10-16(6-7-19(21)20-11-34(18-12-40-13-18)26-23(20)25(30)31-15-32-26)33-27(37)24-22-14-39-9-8-35(22)36(28(24)38)17-4-2-1-3-5-17/h1-7,10-11,15,18H,8-9,12-14H2,(H,33,37)(H2,30,31,32). The number of nitrogen functional groups attached to an aromatic ring is 1. The highest BCUT2D eigenvalue weighted by Crippen LogP contribution is 2.37. The SMILES string of the molecule is Nc1ncnc2c1c(-c1ccc(NC(=O)c3c4n(n(-c5ccccc5)c3=O)CCOC4)cc1F)cn2C1COC1. The fraction of sp³-hybridized carbons (Fsp3) is 0.214. The Morgan fingerprint density at radius 1 is 1.07 bits per heavy atom. The highest BCUT2D eigenvalue weighted by atomic mass is 19.1. The molecule has 2 aliphatic rings. The van der Waals surface area contributed by atoms with Gasteiger partial charge in [0.1, 0.15) is 29.2 Å². The van der Waals surface area contributed by atoms with E-state index in [0.29, 0.717) is 54.3 Å². The molecule has 2 aliphatic heterocycles. The van der Waals surface area contributed by atoms with E-state index in [9.17, 15) is 9.59 Å². The van der Waals surface area contributed by atoms with Crippen LogP contribution in [0, 0.1) is 5.82 Å². The number of carbonyl (C=O) groups is 1. The van der Waals surface area contributed by atoms with Crippen molar-refractivity contribution < 1.29 is 18.7 Å². The van der Waals surface area contributed by atoms with Crippen LogP contribution in [0.15, 0.2) is 65.8 Å². The van der Waals surface area contributed by atoms with Crippen molar-refractivity contribution in [3.05, 3.63) is 88.5 Å². The van der Waals surface area contributed by atoms with Gasteiger partial charge in [0.2, 0.25) is 0 Å². The predicted molar refractivity (Wildman–Crippen MR) is 145 cm³/mol. The van der Waals surface area contributed by atoms with Crippen LogP contribution in [0.3, 0.4) is 0 Å². The summed E-state index contributed by atoms with van der Waals surface area (Å²) in [6, 6.07) is 13.5. The van der Waals surface area contributed by atoms with Crippen LogP contribution < -0.4 is 16.6 Å². The summed E-state index contributed by atoms with van der Waals surface area (Å²) in [4.78, 5) is 35.3. The maximum absolute atomic E-state index is 15.6. The Bertz CT molecular complexity index is 1840. The number of anilines is 2. The third kappa shape index (κ3) is 3.80. The smallest absolute Gasteiger partial charge is 0.284 e. The minimum absolute atomic E-state index is 0.0382. The number of aromatic nitrogens is 5.